The summed E-state index contributed by atoms with van der Waals surface area (Å²) < 4.78 is 36.3. The van der Waals surface area contributed by atoms with Crippen LogP contribution in [0.5, 0.6) is 0 Å². The van der Waals surface area contributed by atoms with E-state index in [0.29, 0.717) is 0 Å². The second-order valence-corrected chi connectivity index (χ2v) is 2.86. The molecule has 8 heavy (non-hydrogen) atoms. The van der Waals surface area contributed by atoms with E-state index in [1.165, 1.54) is 0 Å². The molecule has 0 saturated heterocycles. The maximum Gasteiger partial charge on any atom is 1.00 e. The molecule has 0 radical (unpaired) electrons. The Kier molecular flexibility index (Phi) is 19.2. The molecule has 2 atom stereocenters. The van der Waals surface area contributed by atoms with Crippen molar-refractivity contribution in [1.29, 1.82) is 0 Å². The summed E-state index contributed by atoms with van der Waals surface area (Å²) >= 11 is 0. The van der Waals surface area contributed by atoms with Crippen LogP contribution >= 0.6 is 0 Å². The van der Waals surface area contributed by atoms with Crippen molar-refractivity contribution >= 4 is 20.2 Å². The van der Waals surface area contributed by atoms with Gasteiger partial charge in [0.1, 0.15) is 0 Å². The van der Waals surface area contributed by atoms with Gasteiger partial charge >= 0.3 is 62.0 Å². The van der Waals surface area contributed by atoms with Crippen molar-refractivity contribution in [2.75, 3.05) is 0 Å². The molecular formula is H4Na2O4S2. The Hall–Kier alpha value is 2.22. The van der Waals surface area contributed by atoms with Crippen LogP contribution < -0.4 is 59.1 Å². The standard InChI is InChI=1S/2Na.H2O4S2.2H/c;;1-5(2)6(3)4;;/h;;(H,1,2)(H,3,4);;/q2*+1;;2*-1. The first kappa shape index (κ1) is 16.7. The van der Waals surface area contributed by atoms with E-state index >= 15 is 0 Å². The summed E-state index contributed by atoms with van der Waals surface area (Å²) in [6.07, 6.45) is 0. The smallest absolute Gasteiger partial charge is 1.00 e. The van der Waals surface area contributed by atoms with Crippen molar-refractivity contribution in [2.45, 2.75) is 0 Å². The monoisotopic (exact) mass is 178 g/mol. The molecule has 42 valence electrons. The topological polar surface area (TPSA) is 80.3 Å². The Morgan fingerprint density at radius 1 is 1.12 bits per heavy atom. The Morgan fingerprint density at radius 2 is 1.25 bits per heavy atom. The molecule has 0 spiro atoms. The summed E-state index contributed by atoms with van der Waals surface area (Å²) in [7, 11) is -5.90. The van der Waals surface area contributed by atoms with Crippen molar-refractivity contribution in [3.05, 3.63) is 0 Å². The van der Waals surface area contributed by atoms with Gasteiger partial charge in [0.2, 0.25) is 0 Å². The van der Waals surface area contributed by atoms with E-state index in [9.17, 15) is 0 Å². The van der Waals surface area contributed by atoms with Crippen molar-refractivity contribution in [1.82, 2.24) is 0 Å². The number of hydrogen-bond acceptors (Lipinski definition) is 4. The zero-order valence-electron chi connectivity index (χ0n) is 8.45. The van der Waals surface area contributed by atoms with E-state index in [1.807, 2.05) is 0 Å². The normalized spacial score (nSPS) is 14.8. The molecule has 0 bridgehead atoms. The van der Waals surface area contributed by atoms with E-state index in [1.54, 1.807) is 0 Å². The molecule has 0 aromatic heterocycles. The number of rotatable bonds is 1. The molecule has 0 heterocycles. The molecule has 0 aliphatic heterocycles. The zero-order valence-corrected chi connectivity index (χ0v) is 10.1. The van der Waals surface area contributed by atoms with Crippen LogP contribution in [0.1, 0.15) is 5.71 Å². The van der Waals surface area contributed by atoms with Gasteiger partial charge in [0.15, 0.2) is 0 Å². The minimum absolute atomic E-state index is 0. The van der Waals surface area contributed by atoms with Crippen LogP contribution in [-0.4, -0.2) is 17.5 Å². The van der Waals surface area contributed by atoms with Crippen molar-refractivity contribution in [2.24, 2.45) is 0 Å². The first-order chi connectivity index (χ1) is 2.64. The minimum atomic E-state index is -2.95. The van der Waals surface area contributed by atoms with Gasteiger partial charge in [0, 0.05) is 20.2 Å². The molecule has 0 N–H and O–H groups in total. The quantitative estimate of drug-likeness (QED) is 0.227. The maximum absolute atomic E-state index is 9.09. The fraction of sp³-hybridized carbons (Fsp3) is 0. The molecule has 0 aliphatic carbocycles. The number of hydrogen-bond donors (Lipinski definition) is 0. The molecule has 0 saturated carbocycles. The van der Waals surface area contributed by atoms with Gasteiger partial charge in [-0.2, -0.15) is 0 Å². The molecule has 0 aliphatic rings. The predicted molar refractivity (Wildman–Crippen MR) is 22.3 cm³/mol. The molecule has 0 amide bonds. The van der Waals surface area contributed by atoms with E-state index in [4.69, 9.17) is 17.5 Å². The summed E-state index contributed by atoms with van der Waals surface area (Å²) in [6.45, 7) is 0. The SMILES string of the molecule is O=S([O-])S(=O)[O-].[H+].[H+].[H-].[H-].[Na+].[Na+]. The van der Waals surface area contributed by atoms with Crippen LogP contribution in [0.2, 0.25) is 0 Å². The zero-order chi connectivity index (χ0) is 5.15. The molecule has 0 aromatic carbocycles. The summed E-state index contributed by atoms with van der Waals surface area (Å²) in [5, 5.41) is 0. The van der Waals surface area contributed by atoms with Crippen molar-refractivity contribution in [3.8, 4) is 0 Å². The van der Waals surface area contributed by atoms with Crippen LogP contribution in [0.4, 0.5) is 0 Å². The van der Waals surface area contributed by atoms with E-state index in [-0.39, 0.29) is 64.8 Å². The first-order valence-electron chi connectivity index (χ1n) is 0.833. The van der Waals surface area contributed by atoms with Crippen molar-refractivity contribution in [3.63, 3.8) is 0 Å². The molecule has 0 fully saturated rings. The fourth-order valence-electron chi connectivity index (χ4n) is 0. The van der Waals surface area contributed by atoms with Crippen LogP contribution in [0.3, 0.4) is 0 Å². The predicted octanol–water partition coefficient (Wildman–Crippen LogP) is -6.88. The molecule has 0 aromatic rings. The minimum Gasteiger partial charge on any atom is -1.00 e. The molecule has 4 nitrogen and oxygen atoms in total. The second kappa shape index (κ2) is 9.22. The van der Waals surface area contributed by atoms with Gasteiger partial charge in [-0.15, -0.1) is 0 Å². The van der Waals surface area contributed by atoms with E-state index < -0.39 is 20.2 Å². The average Bonchev–Trinajstić information content (AvgIpc) is 1.36. The molecule has 2 unspecified atom stereocenters. The largest absolute Gasteiger partial charge is 1.00 e. The third-order valence-corrected chi connectivity index (χ3v) is 1.00. The van der Waals surface area contributed by atoms with Crippen LogP contribution in [-0.2, 0) is 20.2 Å². The molecule has 0 rings (SSSR count). The Morgan fingerprint density at radius 3 is 1.25 bits per heavy atom. The Bertz CT molecular complexity index is 89.1. The second-order valence-electron chi connectivity index (χ2n) is 0.408. The van der Waals surface area contributed by atoms with Gasteiger partial charge in [-0.25, -0.2) is 0 Å². The fourth-order valence-corrected chi connectivity index (χ4v) is 0. The van der Waals surface area contributed by atoms with E-state index in [0.717, 1.165) is 0 Å². The Labute approximate surface area is 101 Å². The maximum atomic E-state index is 9.09. The summed E-state index contributed by atoms with van der Waals surface area (Å²) in [4.78, 5) is 0. The van der Waals surface area contributed by atoms with Gasteiger partial charge < -0.3 is 12.0 Å². The molecule has 8 heteroatoms. The summed E-state index contributed by atoms with van der Waals surface area (Å²) in [5.74, 6) is 0. The van der Waals surface area contributed by atoms with Gasteiger partial charge in [-0.1, -0.05) is 0 Å². The van der Waals surface area contributed by atoms with Crippen LogP contribution in [0.25, 0.3) is 0 Å². The first-order valence-corrected chi connectivity index (χ1v) is 3.50. The van der Waals surface area contributed by atoms with Crippen molar-refractivity contribution < 1.29 is 82.3 Å². The van der Waals surface area contributed by atoms with Gasteiger partial charge in [0.25, 0.3) is 0 Å². The third kappa shape index (κ3) is 11.1. The third-order valence-electron chi connectivity index (χ3n) is 0.111. The summed E-state index contributed by atoms with van der Waals surface area (Å²) in [6, 6.07) is 0. The van der Waals surface area contributed by atoms with Gasteiger partial charge in [-0.3, -0.25) is 8.42 Å². The summed E-state index contributed by atoms with van der Waals surface area (Å²) in [5.41, 5.74) is 0. The van der Waals surface area contributed by atoms with Gasteiger partial charge in [0.05, 0.1) is 0 Å². The van der Waals surface area contributed by atoms with Crippen LogP contribution in [0, 0.1) is 0 Å². The average molecular weight is 178 g/mol. The van der Waals surface area contributed by atoms with E-state index in [2.05, 4.69) is 0 Å². The van der Waals surface area contributed by atoms with Gasteiger partial charge in [-0.05, 0) is 0 Å². The van der Waals surface area contributed by atoms with Crippen LogP contribution in [0.15, 0.2) is 0 Å². The Balaban J connectivity index is -0.00000000833. The molecular weight excluding hydrogens is 174 g/mol.